The molecule has 1 saturated heterocycles. The van der Waals surface area contributed by atoms with Gasteiger partial charge in [-0.15, -0.1) is 0 Å². The molecule has 0 N–H and O–H groups in total. The van der Waals surface area contributed by atoms with Crippen LogP contribution in [0, 0.1) is 0 Å². The van der Waals surface area contributed by atoms with Crippen molar-refractivity contribution in [1.29, 1.82) is 0 Å². The molecule has 3 rings (SSSR count). The van der Waals surface area contributed by atoms with Crippen molar-refractivity contribution in [1.82, 2.24) is 4.90 Å². The maximum atomic E-state index is 12.6. The van der Waals surface area contributed by atoms with Gasteiger partial charge in [-0.3, -0.25) is 0 Å². The van der Waals surface area contributed by atoms with Gasteiger partial charge < -0.3 is 9.64 Å². The van der Waals surface area contributed by atoms with E-state index >= 15 is 0 Å². The number of halogens is 1. The van der Waals surface area contributed by atoms with E-state index in [0.29, 0.717) is 6.54 Å². The van der Waals surface area contributed by atoms with Crippen LogP contribution in [0.3, 0.4) is 0 Å². The lowest BCUT2D eigenvalue weighted by Gasteiger charge is -2.41. The first kappa shape index (κ1) is 16.1. The van der Waals surface area contributed by atoms with Crippen molar-refractivity contribution in [2.24, 2.45) is 0 Å². The predicted octanol–water partition coefficient (Wildman–Crippen LogP) is 5.27. The van der Waals surface area contributed by atoms with Gasteiger partial charge >= 0.3 is 6.09 Å². The molecule has 1 aliphatic heterocycles. The third-order valence-corrected chi connectivity index (χ3v) is 5.11. The summed E-state index contributed by atoms with van der Waals surface area (Å²) in [5.74, 6) is 0. The molecule has 1 heterocycles. The molecule has 1 aliphatic rings. The smallest absolute Gasteiger partial charge is 0.411 e. The van der Waals surface area contributed by atoms with Crippen molar-refractivity contribution in [2.75, 3.05) is 6.54 Å². The molecule has 1 fully saturated rings. The Balaban J connectivity index is 1.76. The SMILES string of the molecule is C[C@@H](c1ccc(Br)cc1)N1CC[C@](C)(c2ccccc2)OC1=O. The summed E-state index contributed by atoms with van der Waals surface area (Å²) in [7, 11) is 0. The van der Waals surface area contributed by atoms with Gasteiger partial charge in [-0.1, -0.05) is 58.4 Å². The number of rotatable bonds is 3. The van der Waals surface area contributed by atoms with Gasteiger partial charge in [-0.05, 0) is 37.1 Å². The second kappa shape index (κ2) is 6.36. The standard InChI is InChI=1S/C19H20BrNO2/c1-14(15-8-10-17(20)11-9-15)21-13-12-19(2,23-18(21)22)16-6-4-3-5-7-16/h3-11,14H,12-13H2,1-2H3/t14-,19+/m0/s1. The highest BCUT2D eigenvalue weighted by atomic mass is 79.9. The van der Waals surface area contributed by atoms with E-state index in [0.717, 1.165) is 22.0 Å². The third-order valence-electron chi connectivity index (χ3n) is 4.58. The van der Waals surface area contributed by atoms with Crippen molar-refractivity contribution in [2.45, 2.75) is 31.9 Å². The van der Waals surface area contributed by atoms with Crippen LogP contribution in [0.1, 0.15) is 37.4 Å². The number of ether oxygens (including phenoxy) is 1. The average Bonchev–Trinajstić information content (AvgIpc) is 2.56. The van der Waals surface area contributed by atoms with Gasteiger partial charge in [0.1, 0.15) is 5.60 Å². The zero-order valence-corrected chi connectivity index (χ0v) is 14.9. The van der Waals surface area contributed by atoms with E-state index in [4.69, 9.17) is 4.74 Å². The third kappa shape index (κ3) is 3.27. The summed E-state index contributed by atoms with van der Waals surface area (Å²) in [6, 6.07) is 18.0. The minimum absolute atomic E-state index is 0.00377. The van der Waals surface area contributed by atoms with E-state index in [9.17, 15) is 4.79 Å². The Bertz CT molecular complexity index is 686. The molecule has 0 unspecified atom stereocenters. The average molecular weight is 374 g/mol. The molecule has 120 valence electrons. The van der Waals surface area contributed by atoms with Gasteiger partial charge in [0.2, 0.25) is 0 Å². The molecule has 2 aromatic rings. The fourth-order valence-electron chi connectivity index (χ4n) is 2.99. The minimum Gasteiger partial charge on any atom is -0.438 e. The van der Waals surface area contributed by atoms with Crippen LogP contribution < -0.4 is 0 Å². The summed E-state index contributed by atoms with van der Waals surface area (Å²) in [5.41, 5.74) is 1.60. The lowest BCUT2D eigenvalue weighted by Crippen LogP contribution is -2.47. The van der Waals surface area contributed by atoms with Crippen molar-refractivity contribution < 1.29 is 9.53 Å². The lowest BCUT2D eigenvalue weighted by molar-refractivity contribution is -0.0491. The summed E-state index contributed by atoms with van der Waals surface area (Å²) in [4.78, 5) is 14.4. The number of carbonyl (C=O) groups excluding carboxylic acids is 1. The van der Waals surface area contributed by atoms with Crippen LogP contribution in [0.2, 0.25) is 0 Å². The van der Waals surface area contributed by atoms with Crippen LogP contribution in [-0.4, -0.2) is 17.5 Å². The Morgan fingerprint density at radius 2 is 1.78 bits per heavy atom. The van der Waals surface area contributed by atoms with E-state index in [1.54, 1.807) is 4.90 Å². The van der Waals surface area contributed by atoms with E-state index in [-0.39, 0.29) is 12.1 Å². The Hall–Kier alpha value is -1.81. The van der Waals surface area contributed by atoms with Gasteiger partial charge in [0.15, 0.2) is 0 Å². The molecule has 3 nitrogen and oxygen atoms in total. The van der Waals surface area contributed by atoms with Crippen LogP contribution in [-0.2, 0) is 10.3 Å². The Morgan fingerprint density at radius 1 is 1.13 bits per heavy atom. The van der Waals surface area contributed by atoms with E-state index < -0.39 is 5.60 Å². The van der Waals surface area contributed by atoms with Gasteiger partial charge in [0, 0.05) is 17.4 Å². The zero-order chi connectivity index (χ0) is 16.4. The highest BCUT2D eigenvalue weighted by molar-refractivity contribution is 9.10. The van der Waals surface area contributed by atoms with Crippen molar-refractivity contribution >= 4 is 22.0 Å². The van der Waals surface area contributed by atoms with E-state index in [1.807, 2.05) is 68.4 Å². The molecule has 2 atom stereocenters. The summed E-state index contributed by atoms with van der Waals surface area (Å²) in [6.45, 7) is 4.71. The van der Waals surface area contributed by atoms with Crippen LogP contribution >= 0.6 is 15.9 Å². The van der Waals surface area contributed by atoms with Crippen LogP contribution in [0.4, 0.5) is 4.79 Å². The van der Waals surface area contributed by atoms with Gasteiger partial charge in [0.25, 0.3) is 0 Å². The number of hydrogen-bond donors (Lipinski definition) is 0. The number of benzene rings is 2. The Morgan fingerprint density at radius 3 is 2.39 bits per heavy atom. The monoisotopic (exact) mass is 373 g/mol. The summed E-state index contributed by atoms with van der Waals surface area (Å²) in [6.07, 6.45) is 0.530. The number of hydrogen-bond acceptors (Lipinski definition) is 2. The van der Waals surface area contributed by atoms with Crippen molar-refractivity contribution in [3.05, 3.63) is 70.2 Å². The summed E-state index contributed by atoms with van der Waals surface area (Å²) >= 11 is 3.44. The molecule has 0 spiro atoms. The van der Waals surface area contributed by atoms with Crippen molar-refractivity contribution in [3.8, 4) is 0 Å². The van der Waals surface area contributed by atoms with Gasteiger partial charge in [-0.25, -0.2) is 4.79 Å². The highest BCUT2D eigenvalue weighted by Gasteiger charge is 2.39. The fraction of sp³-hybridized carbons (Fsp3) is 0.316. The molecular weight excluding hydrogens is 354 g/mol. The second-order valence-corrected chi connectivity index (χ2v) is 7.05. The normalized spacial score (nSPS) is 22.6. The van der Waals surface area contributed by atoms with Crippen LogP contribution in [0.25, 0.3) is 0 Å². The molecule has 4 heteroatoms. The fourth-order valence-corrected chi connectivity index (χ4v) is 3.26. The largest absolute Gasteiger partial charge is 0.438 e. The molecule has 0 aliphatic carbocycles. The first-order valence-electron chi connectivity index (χ1n) is 7.80. The molecule has 0 bridgehead atoms. The minimum atomic E-state index is -0.547. The van der Waals surface area contributed by atoms with Crippen LogP contribution in [0.15, 0.2) is 59.1 Å². The lowest BCUT2D eigenvalue weighted by atomic mass is 9.90. The van der Waals surface area contributed by atoms with E-state index in [1.165, 1.54) is 0 Å². The maximum Gasteiger partial charge on any atom is 0.411 e. The number of carbonyl (C=O) groups is 1. The molecule has 0 radical (unpaired) electrons. The van der Waals surface area contributed by atoms with Crippen LogP contribution in [0.5, 0.6) is 0 Å². The maximum absolute atomic E-state index is 12.6. The number of cyclic esters (lactones) is 1. The molecule has 0 aromatic heterocycles. The molecule has 2 aromatic carbocycles. The number of amides is 1. The first-order chi connectivity index (χ1) is 11.0. The molecular formula is C19H20BrNO2. The zero-order valence-electron chi connectivity index (χ0n) is 13.3. The molecule has 0 saturated carbocycles. The topological polar surface area (TPSA) is 29.5 Å². The Labute approximate surface area is 145 Å². The van der Waals surface area contributed by atoms with Gasteiger partial charge in [-0.2, -0.15) is 0 Å². The second-order valence-electron chi connectivity index (χ2n) is 6.14. The van der Waals surface area contributed by atoms with E-state index in [2.05, 4.69) is 15.9 Å². The highest BCUT2D eigenvalue weighted by Crippen LogP contribution is 2.36. The quantitative estimate of drug-likeness (QED) is 0.733. The predicted molar refractivity (Wildman–Crippen MR) is 94.2 cm³/mol. The Kier molecular flexibility index (Phi) is 4.44. The first-order valence-corrected chi connectivity index (χ1v) is 8.59. The molecule has 23 heavy (non-hydrogen) atoms. The van der Waals surface area contributed by atoms with Crippen molar-refractivity contribution in [3.63, 3.8) is 0 Å². The molecule has 1 amide bonds. The van der Waals surface area contributed by atoms with Gasteiger partial charge in [0.05, 0.1) is 6.04 Å². The number of nitrogens with zero attached hydrogens (tertiary/aromatic N) is 1. The summed E-state index contributed by atoms with van der Waals surface area (Å²) < 4.78 is 6.85. The summed E-state index contributed by atoms with van der Waals surface area (Å²) in [5, 5.41) is 0.